The quantitative estimate of drug-likeness (QED) is 0.776. The molecule has 1 heterocycles. The molecule has 2 rings (SSSR count). The van der Waals surface area contributed by atoms with Crippen molar-refractivity contribution in [3.8, 4) is 0 Å². The fourth-order valence-corrected chi connectivity index (χ4v) is 2.50. The van der Waals surface area contributed by atoms with Gasteiger partial charge in [-0.25, -0.2) is 4.39 Å². The third-order valence-electron chi connectivity index (χ3n) is 3.79. The van der Waals surface area contributed by atoms with Crippen LogP contribution in [0.25, 0.3) is 0 Å². The summed E-state index contributed by atoms with van der Waals surface area (Å²) in [6.07, 6.45) is 0. The van der Waals surface area contributed by atoms with Crippen LogP contribution < -0.4 is 16.4 Å². The summed E-state index contributed by atoms with van der Waals surface area (Å²) in [5, 5.41) is 7.71. The number of carbonyl (C=O) groups excluding carboxylic acids is 2. The monoisotopic (exact) mass is 345 g/mol. The van der Waals surface area contributed by atoms with Gasteiger partial charge in [0.1, 0.15) is 5.82 Å². The van der Waals surface area contributed by atoms with E-state index >= 15 is 0 Å². The minimum absolute atomic E-state index is 0.0283. The van der Waals surface area contributed by atoms with Crippen LogP contribution in [0.4, 0.5) is 10.2 Å². The van der Waals surface area contributed by atoms with Crippen molar-refractivity contribution in [2.45, 2.75) is 19.3 Å². The zero-order valence-corrected chi connectivity index (χ0v) is 14.1. The van der Waals surface area contributed by atoms with Crippen molar-refractivity contribution in [1.82, 2.24) is 10.2 Å². The van der Waals surface area contributed by atoms with E-state index in [4.69, 9.17) is 11.5 Å². The van der Waals surface area contributed by atoms with Crippen LogP contribution >= 0.6 is 0 Å². The third-order valence-corrected chi connectivity index (χ3v) is 3.79. The van der Waals surface area contributed by atoms with E-state index in [-0.39, 0.29) is 18.1 Å². The zero-order valence-electron chi connectivity index (χ0n) is 14.1. The van der Waals surface area contributed by atoms with E-state index in [1.165, 1.54) is 18.2 Å². The first-order valence-corrected chi connectivity index (χ1v) is 7.62. The Kier molecular flexibility index (Phi) is 5.31. The lowest BCUT2D eigenvalue weighted by Gasteiger charge is -2.33. The average Bonchev–Trinajstić information content (AvgIpc) is 2.54. The Morgan fingerprint density at radius 3 is 2.20 bits per heavy atom. The lowest BCUT2D eigenvalue weighted by molar-refractivity contribution is -0.116. The number of nitrogens with two attached hydrogens (primary N) is 2. The lowest BCUT2D eigenvalue weighted by Crippen LogP contribution is -2.42. The molecule has 0 aliphatic rings. The topological polar surface area (TPSA) is 115 Å². The van der Waals surface area contributed by atoms with Gasteiger partial charge in [0.25, 0.3) is 5.91 Å². The fourth-order valence-electron chi connectivity index (χ4n) is 2.50. The molecule has 0 saturated carbocycles. The van der Waals surface area contributed by atoms with Crippen LogP contribution in [0, 0.1) is 5.82 Å². The summed E-state index contributed by atoms with van der Waals surface area (Å²) in [5.74, 6) is -1.15. The molecule has 0 aliphatic carbocycles. The summed E-state index contributed by atoms with van der Waals surface area (Å²) in [5.41, 5.74) is 11.0. The number of aromatic nitrogens is 2. The van der Waals surface area contributed by atoms with Crippen LogP contribution in [-0.2, 0) is 10.2 Å². The molecule has 25 heavy (non-hydrogen) atoms. The van der Waals surface area contributed by atoms with Gasteiger partial charge in [-0.3, -0.25) is 9.59 Å². The number of hydrogen-bond acceptors (Lipinski definition) is 5. The molecular formula is C17H20FN5O2. The van der Waals surface area contributed by atoms with Gasteiger partial charge in [-0.1, -0.05) is 26.0 Å². The standard InChI is InChI=1S/C17H20FN5O2/c1-17(2,11-3-5-12(18)6-4-11)10-23(9-14(19)24)15-8-7-13(16(20)25)21-22-15/h3-8H,9-10H2,1-2H3,(H2,19,24)(H2,20,25). The minimum atomic E-state index is -0.688. The van der Waals surface area contributed by atoms with Crippen molar-refractivity contribution >= 4 is 17.6 Å². The minimum Gasteiger partial charge on any atom is -0.368 e. The smallest absolute Gasteiger partial charge is 0.269 e. The second-order valence-electron chi connectivity index (χ2n) is 6.35. The fraction of sp³-hybridized carbons (Fsp3) is 0.294. The number of anilines is 1. The van der Waals surface area contributed by atoms with Gasteiger partial charge < -0.3 is 16.4 Å². The van der Waals surface area contributed by atoms with Gasteiger partial charge in [0.05, 0.1) is 6.54 Å². The average molecular weight is 345 g/mol. The van der Waals surface area contributed by atoms with E-state index in [0.29, 0.717) is 12.4 Å². The van der Waals surface area contributed by atoms with Crippen LogP contribution in [0.1, 0.15) is 29.9 Å². The molecule has 132 valence electrons. The molecule has 0 unspecified atom stereocenters. The molecule has 0 atom stereocenters. The molecule has 0 saturated heterocycles. The molecule has 1 aromatic carbocycles. The number of halogens is 1. The van der Waals surface area contributed by atoms with E-state index in [0.717, 1.165) is 5.56 Å². The van der Waals surface area contributed by atoms with Gasteiger partial charge in [-0.05, 0) is 29.8 Å². The van der Waals surface area contributed by atoms with Crippen molar-refractivity contribution in [2.75, 3.05) is 18.0 Å². The van der Waals surface area contributed by atoms with Crippen LogP contribution in [0.5, 0.6) is 0 Å². The number of primary amides is 2. The highest BCUT2D eigenvalue weighted by molar-refractivity contribution is 5.90. The summed E-state index contributed by atoms with van der Waals surface area (Å²) in [6, 6.07) is 9.15. The van der Waals surface area contributed by atoms with Gasteiger partial charge in [0.15, 0.2) is 11.5 Å². The van der Waals surface area contributed by atoms with Crippen molar-refractivity contribution in [3.05, 3.63) is 53.5 Å². The van der Waals surface area contributed by atoms with Gasteiger partial charge >= 0.3 is 0 Å². The largest absolute Gasteiger partial charge is 0.368 e. The molecule has 2 aromatic rings. The number of rotatable bonds is 7. The first-order chi connectivity index (χ1) is 11.7. The van der Waals surface area contributed by atoms with Crippen molar-refractivity contribution in [3.63, 3.8) is 0 Å². The van der Waals surface area contributed by atoms with Gasteiger partial charge in [-0.15, -0.1) is 10.2 Å². The molecule has 1 aromatic heterocycles. The van der Waals surface area contributed by atoms with Crippen LogP contribution in [-0.4, -0.2) is 35.1 Å². The summed E-state index contributed by atoms with van der Waals surface area (Å²) < 4.78 is 13.1. The summed E-state index contributed by atoms with van der Waals surface area (Å²) in [6.45, 7) is 4.22. The Morgan fingerprint density at radius 1 is 1.08 bits per heavy atom. The van der Waals surface area contributed by atoms with Gasteiger partial charge in [-0.2, -0.15) is 0 Å². The predicted octanol–water partition coefficient (Wildman–Crippen LogP) is 0.984. The van der Waals surface area contributed by atoms with E-state index < -0.39 is 17.2 Å². The Morgan fingerprint density at radius 2 is 1.72 bits per heavy atom. The van der Waals surface area contributed by atoms with E-state index in [2.05, 4.69) is 10.2 Å². The number of benzene rings is 1. The van der Waals surface area contributed by atoms with E-state index in [1.807, 2.05) is 13.8 Å². The number of amides is 2. The highest BCUT2D eigenvalue weighted by atomic mass is 19.1. The van der Waals surface area contributed by atoms with Gasteiger partial charge in [0.2, 0.25) is 5.91 Å². The molecule has 2 amide bonds. The highest BCUT2D eigenvalue weighted by Gasteiger charge is 2.26. The summed E-state index contributed by atoms with van der Waals surface area (Å²) >= 11 is 0. The van der Waals surface area contributed by atoms with Crippen LogP contribution in [0.15, 0.2) is 36.4 Å². The summed E-state index contributed by atoms with van der Waals surface area (Å²) in [7, 11) is 0. The number of hydrogen-bond donors (Lipinski definition) is 2. The van der Waals surface area contributed by atoms with E-state index in [1.54, 1.807) is 23.1 Å². The summed E-state index contributed by atoms with van der Waals surface area (Å²) in [4.78, 5) is 24.2. The zero-order chi connectivity index (χ0) is 18.6. The third kappa shape index (κ3) is 4.72. The molecule has 0 bridgehead atoms. The normalized spacial score (nSPS) is 11.2. The Balaban J connectivity index is 2.28. The second-order valence-corrected chi connectivity index (χ2v) is 6.35. The number of nitrogens with zero attached hydrogens (tertiary/aromatic N) is 3. The molecule has 7 nitrogen and oxygen atoms in total. The van der Waals surface area contributed by atoms with Gasteiger partial charge in [0, 0.05) is 12.0 Å². The SMILES string of the molecule is CC(C)(CN(CC(N)=O)c1ccc(C(N)=O)nn1)c1ccc(F)cc1. The maximum absolute atomic E-state index is 13.1. The Labute approximate surface area is 144 Å². The van der Waals surface area contributed by atoms with Crippen molar-refractivity contribution in [1.29, 1.82) is 0 Å². The molecular weight excluding hydrogens is 325 g/mol. The first kappa shape index (κ1) is 18.3. The lowest BCUT2D eigenvalue weighted by atomic mass is 9.84. The van der Waals surface area contributed by atoms with E-state index in [9.17, 15) is 14.0 Å². The predicted molar refractivity (Wildman–Crippen MR) is 91.4 cm³/mol. The maximum Gasteiger partial charge on any atom is 0.269 e. The Bertz CT molecular complexity index is 760. The number of carbonyl (C=O) groups is 2. The van der Waals surface area contributed by atoms with Crippen molar-refractivity contribution in [2.24, 2.45) is 11.5 Å². The van der Waals surface area contributed by atoms with Crippen molar-refractivity contribution < 1.29 is 14.0 Å². The molecule has 8 heteroatoms. The highest BCUT2D eigenvalue weighted by Crippen LogP contribution is 2.26. The second kappa shape index (κ2) is 7.25. The molecule has 0 radical (unpaired) electrons. The van der Waals surface area contributed by atoms with Crippen LogP contribution in [0.2, 0.25) is 0 Å². The first-order valence-electron chi connectivity index (χ1n) is 7.62. The molecule has 0 spiro atoms. The molecule has 0 fully saturated rings. The maximum atomic E-state index is 13.1. The van der Waals surface area contributed by atoms with Crippen LogP contribution in [0.3, 0.4) is 0 Å². The molecule has 0 aliphatic heterocycles. The Hall–Kier alpha value is -3.03. The molecule has 4 N–H and O–H groups in total.